The summed E-state index contributed by atoms with van der Waals surface area (Å²) < 4.78 is 10.2. The number of nitro groups is 1. The van der Waals surface area contributed by atoms with Crippen molar-refractivity contribution in [1.29, 1.82) is 0 Å². The van der Waals surface area contributed by atoms with Crippen molar-refractivity contribution in [3.8, 4) is 11.3 Å². The minimum atomic E-state index is -0.641. The number of esters is 1. The summed E-state index contributed by atoms with van der Waals surface area (Å²) in [6, 6.07) is 7.21. The maximum Gasteiger partial charge on any atom is 0.376 e. The molecule has 0 aliphatic rings. The molecule has 2 N–H and O–H groups in total. The van der Waals surface area contributed by atoms with Crippen LogP contribution in [0.1, 0.15) is 17.5 Å². The Labute approximate surface area is 114 Å². The smallest absolute Gasteiger partial charge is 0.376 e. The van der Waals surface area contributed by atoms with Crippen LogP contribution < -0.4 is 5.73 Å². The number of ether oxygens (including phenoxy) is 1. The fraction of sp³-hybridized carbons (Fsp3) is 0.154. The maximum absolute atomic E-state index is 11.6. The largest absolute Gasteiger partial charge is 0.460 e. The van der Waals surface area contributed by atoms with E-state index in [0.29, 0.717) is 11.3 Å². The van der Waals surface area contributed by atoms with Crippen molar-refractivity contribution in [2.75, 3.05) is 12.3 Å². The zero-order chi connectivity index (χ0) is 14.7. The normalized spacial score (nSPS) is 10.2. The molecule has 0 atom stereocenters. The number of nitrogen functional groups attached to an aromatic ring is 1. The first-order valence-electron chi connectivity index (χ1n) is 5.84. The van der Waals surface area contributed by atoms with Crippen LogP contribution in [-0.4, -0.2) is 17.5 Å². The van der Waals surface area contributed by atoms with Crippen molar-refractivity contribution in [3.63, 3.8) is 0 Å². The number of hydrogen-bond donors (Lipinski definition) is 1. The second-order valence-corrected chi connectivity index (χ2v) is 3.92. The van der Waals surface area contributed by atoms with E-state index in [9.17, 15) is 14.9 Å². The molecule has 0 aliphatic carbocycles. The summed E-state index contributed by atoms with van der Waals surface area (Å²) in [6.07, 6.45) is 0. The zero-order valence-electron chi connectivity index (χ0n) is 10.7. The fourth-order valence-electron chi connectivity index (χ4n) is 1.65. The summed E-state index contributed by atoms with van der Waals surface area (Å²) in [5.41, 5.74) is 6.40. The Hall–Kier alpha value is -2.83. The molecule has 1 heterocycles. The van der Waals surface area contributed by atoms with Gasteiger partial charge in [0.2, 0.25) is 5.76 Å². The number of non-ortho nitro benzene ring substituents is 1. The van der Waals surface area contributed by atoms with Crippen molar-refractivity contribution >= 4 is 17.3 Å². The minimum Gasteiger partial charge on any atom is -0.460 e. The summed E-state index contributed by atoms with van der Waals surface area (Å²) in [4.78, 5) is 21.6. The minimum absolute atomic E-state index is 0.0288. The molecule has 2 rings (SSSR count). The monoisotopic (exact) mass is 276 g/mol. The van der Waals surface area contributed by atoms with Gasteiger partial charge in [-0.25, -0.2) is 4.79 Å². The Bertz CT molecular complexity index is 645. The molecule has 0 saturated carbocycles. The standard InChI is InChI=1S/C13H12N2O5/c1-2-19-13(16)12-10(14)7-11(20-12)8-3-5-9(6-4-8)15(17)18/h3-7H,2,14H2,1H3. The number of furan rings is 1. The number of carbonyl (C=O) groups is 1. The van der Waals surface area contributed by atoms with Crippen molar-refractivity contribution in [2.24, 2.45) is 0 Å². The second-order valence-electron chi connectivity index (χ2n) is 3.92. The van der Waals surface area contributed by atoms with Crippen molar-refractivity contribution in [3.05, 3.63) is 46.2 Å². The molecule has 20 heavy (non-hydrogen) atoms. The van der Waals surface area contributed by atoms with Crippen LogP contribution in [0, 0.1) is 10.1 Å². The molecular weight excluding hydrogens is 264 g/mol. The lowest BCUT2D eigenvalue weighted by atomic mass is 10.1. The van der Waals surface area contributed by atoms with Gasteiger partial charge in [-0.15, -0.1) is 0 Å². The van der Waals surface area contributed by atoms with Gasteiger partial charge < -0.3 is 14.9 Å². The third kappa shape index (κ3) is 2.61. The number of nitrogens with zero attached hydrogens (tertiary/aromatic N) is 1. The van der Waals surface area contributed by atoms with Crippen LogP contribution in [-0.2, 0) is 4.74 Å². The van der Waals surface area contributed by atoms with Gasteiger partial charge in [0, 0.05) is 23.8 Å². The number of rotatable bonds is 4. The third-order valence-corrected chi connectivity index (χ3v) is 2.58. The number of benzene rings is 1. The first kappa shape index (κ1) is 13.6. The van der Waals surface area contributed by atoms with Gasteiger partial charge in [0.05, 0.1) is 17.2 Å². The Kier molecular flexibility index (Phi) is 3.69. The van der Waals surface area contributed by atoms with E-state index in [-0.39, 0.29) is 23.7 Å². The average molecular weight is 276 g/mol. The first-order valence-corrected chi connectivity index (χ1v) is 5.84. The number of carbonyl (C=O) groups excluding carboxylic acids is 1. The van der Waals surface area contributed by atoms with Gasteiger partial charge in [-0.3, -0.25) is 10.1 Å². The van der Waals surface area contributed by atoms with Gasteiger partial charge in [0.25, 0.3) is 5.69 Å². The van der Waals surface area contributed by atoms with Crippen LogP contribution in [0.15, 0.2) is 34.7 Å². The number of hydrogen-bond acceptors (Lipinski definition) is 6. The molecule has 1 aromatic heterocycles. The highest BCUT2D eigenvalue weighted by atomic mass is 16.6. The molecule has 0 aliphatic heterocycles. The van der Waals surface area contributed by atoms with Gasteiger partial charge in [0.15, 0.2) is 0 Å². The molecule has 0 fully saturated rings. The maximum atomic E-state index is 11.6. The molecule has 0 spiro atoms. The highest BCUT2D eigenvalue weighted by Gasteiger charge is 2.18. The predicted molar refractivity (Wildman–Crippen MR) is 71.2 cm³/mol. The molecule has 0 saturated heterocycles. The molecule has 7 nitrogen and oxygen atoms in total. The van der Waals surface area contributed by atoms with Gasteiger partial charge >= 0.3 is 5.97 Å². The lowest BCUT2D eigenvalue weighted by Crippen LogP contribution is -2.05. The van der Waals surface area contributed by atoms with Crippen molar-refractivity contribution < 1.29 is 18.9 Å². The summed E-state index contributed by atoms with van der Waals surface area (Å²) >= 11 is 0. The molecular formula is C13H12N2O5. The van der Waals surface area contributed by atoms with Crippen LogP contribution in [0.2, 0.25) is 0 Å². The molecule has 104 valence electrons. The van der Waals surface area contributed by atoms with E-state index in [2.05, 4.69) is 0 Å². The highest BCUT2D eigenvalue weighted by Crippen LogP contribution is 2.29. The summed E-state index contributed by atoms with van der Waals surface area (Å²) in [5, 5.41) is 10.6. The Morgan fingerprint density at radius 2 is 2.05 bits per heavy atom. The Morgan fingerprint density at radius 3 is 2.60 bits per heavy atom. The van der Waals surface area contributed by atoms with Crippen LogP contribution >= 0.6 is 0 Å². The molecule has 0 radical (unpaired) electrons. The molecule has 0 unspecified atom stereocenters. The second kappa shape index (κ2) is 5.43. The topological polar surface area (TPSA) is 109 Å². The summed E-state index contributed by atoms with van der Waals surface area (Å²) in [6.45, 7) is 1.89. The number of anilines is 1. The lowest BCUT2D eigenvalue weighted by Gasteiger charge is -1.99. The average Bonchev–Trinajstić information content (AvgIpc) is 2.81. The zero-order valence-corrected chi connectivity index (χ0v) is 10.7. The molecule has 7 heteroatoms. The fourth-order valence-corrected chi connectivity index (χ4v) is 1.65. The summed E-state index contributed by atoms with van der Waals surface area (Å²) in [7, 11) is 0. The summed E-state index contributed by atoms with van der Waals surface area (Å²) in [5.74, 6) is -0.362. The lowest BCUT2D eigenvalue weighted by molar-refractivity contribution is -0.384. The van der Waals surface area contributed by atoms with Crippen molar-refractivity contribution in [2.45, 2.75) is 6.92 Å². The van der Waals surface area contributed by atoms with E-state index in [1.54, 1.807) is 6.92 Å². The van der Waals surface area contributed by atoms with Crippen LogP contribution in [0.5, 0.6) is 0 Å². The van der Waals surface area contributed by atoms with E-state index in [1.165, 1.54) is 30.3 Å². The number of nitro benzene ring substituents is 1. The molecule has 0 bridgehead atoms. The van der Waals surface area contributed by atoms with E-state index in [1.807, 2.05) is 0 Å². The van der Waals surface area contributed by atoms with Crippen molar-refractivity contribution in [1.82, 2.24) is 0 Å². The van der Waals surface area contributed by atoms with Gasteiger partial charge in [-0.2, -0.15) is 0 Å². The van der Waals surface area contributed by atoms with E-state index in [4.69, 9.17) is 14.9 Å². The van der Waals surface area contributed by atoms with Crippen LogP contribution in [0.4, 0.5) is 11.4 Å². The molecule has 2 aromatic rings. The van der Waals surface area contributed by atoms with Gasteiger partial charge in [0.1, 0.15) is 5.76 Å². The quantitative estimate of drug-likeness (QED) is 0.522. The first-order chi connectivity index (χ1) is 9.52. The predicted octanol–water partition coefficient (Wildman–Crippen LogP) is 2.61. The van der Waals surface area contributed by atoms with Crippen LogP contribution in [0.3, 0.4) is 0 Å². The van der Waals surface area contributed by atoms with E-state index in [0.717, 1.165) is 0 Å². The van der Waals surface area contributed by atoms with Gasteiger partial charge in [-0.05, 0) is 19.1 Å². The molecule has 1 aromatic carbocycles. The van der Waals surface area contributed by atoms with E-state index < -0.39 is 10.9 Å². The Morgan fingerprint density at radius 1 is 1.40 bits per heavy atom. The van der Waals surface area contributed by atoms with Crippen LogP contribution in [0.25, 0.3) is 11.3 Å². The Balaban J connectivity index is 2.32. The number of nitrogens with two attached hydrogens (primary N) is 1. The van der Waals surface area contributed by atoms with Gasteiger partial charge in [-0.1, -0.05) is 0 Å². The third-order valence-electron chi connectivity index (χ3n) is 2.58. The van der Waals surface area contributed by atoms with E-state index >= 15 is 0 Å². The molecule has 0 amide bonds. The SMILES string of the molecule is CCOC(=O)c1oc(-c2ccc([N+](=O)[O-])cc2)cc1N. The highest BCUT2D eigenvalue weighted by molar-refractivity contribution is 5.93.